The highest BCUT2D eigenvalue weighted by atomic mass is 16.2. The van der Waals surface area contributed by atoms with Crippen LogP contribution in [0.5, 0.6) is 0 Å². The summed E-state index contributed by atoms with van der Waals surface area (Å²) in [6, 6.07) is 7.35. The van der Waals surface area contributed by atoms with E-state index < -0.39 is 0 Å². The number of rotatable bonds is 4. The number of anilines is 1. The van der Waals surface area contributed by atoms with Crippen LogP contribution in [0.15, 0.2) is 24.3 Å². The Morgan fingerprint density at radius 1 is 1.04 bits per heavy atom. The fraction of sp³-hybridized carbons (Fsp3) is 0.600. The standard InChI is InChI=1S/C20H26N2O2/c23-19(13-17-12-14-3-4-16(17)11-14)21-18-7-5-15(6-8-18)20(24)22-9-1-2-10-22/h5-8,14,16-17H,1-4,9-13H2,(H,21,23). The van der Waals surface area contributed by atoms with Gasteiger partial charge in [-0.1, -0.05) is 6.42 Å². The van der Waals surface area contributed by atoms with Crippen LogP contribution in [0.3, 0.4) is 0 Å². The van der Waals surface area contributed by atoms with Gasteiger partial charge in [0, 0.05) is 30.8 Å². The number of fused-ring (bicyclic) bond motifs is 2. The fourth-order valence-electron chi connectivity index (χ4n) is 4.88. The molecule has 1 saturated heterocycles. The van der Waals surface area contributed by atoms with Gasteiger partial charge >= 0.3 is 0 Å². The second-order valence-electron chi connectivity index (χ2n) is 7.76. The molecule has 2 amide bonds. The summed E-state index contributed by atoms with van der Waals surface area (Å²) in [5.74, 6) is 2.46. The zero-order valence-electron chi connectivity index (χ0n) is 14.2. The lowest BCUT2D eigenvalue weighted by atomic mass is 9.86. The summed E-state index contributed by atoms with van der Waals surface area (Å²) in [6.45, 7) is 1.72. The molecule has 1 heterocycles. The van der Waals surface area contributed by atoms with Gasteiger partial charge < -0.3 is 10.2 Å². The molecule has 4 heteroatoms. The Kier molecular flexibility index (Phi) is 4.30. The molecule has 1 aromatic carbocycles. The molecule has 0 aromatic heterocycles. The maximum atomic E-state index is 12.3. The zero-order chi connectivity index (χ0) is 16.5. The number of carbonyl (C=O) groups excluding carboxylic acids is 2. The van der Waals surface area contributed by atoms with Gasteiger partial charge in [0.05, 0.1) is 0 Å². The van der Waals surface area contributed by atoms with Crippen molar-refractivity contribution >= 4 is 17.5 Å². The molecule has 2 aliphatic carbocycles. The maximum absolute atomic E-state index is 12.3. The lowest BCUT2D eigenvalue weighted by Gasteiger charge is -2.21. The van der Waals surface area contributed by atoms with Crippen LogP contribution in [0.1, 0.15) is 55.3 Å². The molecule has 1 aromatic rings. The van der Waals surface area contributed by atoms with E-state index in [1.54, 1.807) is 0 Å². The minimum Gasteiger partial charge on any atom is -0.339 e. The van der Waals surface area contributed by atoms with Crippen LogP contribution in [0, 0.1) is 17.8 Å². The molecule has 3 fully saturated rings. The van der Waals surface area contributed by atoms with Gasteiger partial charge in [0.25, 0.3) is 5.91 Å². The van der Waals surface area contributed by atoms with Crippen LogP contribution in [0.2, 0.25) is 0 Å². The first-order valence-electron chi connectivity index (χ1n) is 9.38. The number of nitrogens with one attached hydrogen (secondary N) is 1. The van der Waals surface area contributed by atoms with E-state index in [4.69, 9.17) is 0 Å². The van der Waals surface area contributed by atoms with Crippen molar-refractivity contribution in [2.45, 2.75) is 44.9 Å². The predicted molar refractivity (Wildman–Crippen MR) is 93.8 cm³/mol. The molecule has 128 valence electrons. The molecule has 1 aliphatic heterocycles. The number of amides is 2. The number of benzene rings is 1. The van der Waals surface area contributed by atoms with Crippen LogP contribution in [-0.2, 0) is 4.79 Å². The molecule has 4 rings (SSSR count). The molecule has 2 bridgehead atoms. The summed E-state index contributed by atoms with van der Waals surface area (Å²) in [5, 5.41) is 3.00. The van der Waals surface area contributed by atoms with Crippen LogP contribution < -0.4 is 5.32 Å². The first-order chi connectivity index (χ1) is 11.7. The molecular weight excluding hydrogens is 300 g/mol. The normalized spacial score (nSPS) is 28.3. The minimum atomic E-state index is 0.104. The summed E-state index contributed by atoms with van der Waals surface area (Å²) < 4.78 is 0. The number of nitrogens with zero attached hydrogens (tertiary/aromatic N) is 1. The highest BCUT2D eigenvalue weighted by Crippen LogP contribution is 2.49. The zero-order valence-corrected chi connectivity index (χ0v) is 14.2. The number of hydrogen-bond donors (Lipinski definition) is 1. The summed E-state index contributed by atoms with van der Waals surface area (Å²) in [6.07, 6.45) is 8.11. The average Bonchev–Trinajstić information content (AvgIpc) is 3.32. The molecule has 24 heavy (non-hydrogen) atoms. The number of likely N-dealkylation sites (tertiary alicyclic amines) is 1. The Balaban J connectivity index is 1.31. The number of carbonyl (C=O) groups is 2. The first-order valence-corrected chi connectivity index (χ1v) is 9.38. The molecule has 2 saturated carbocycles. The van der Waals surface area contributed by atoms with Crippen LogP contribution in [-0.4, -0.2) is 29.8 Å². The van der Waals surface area contributed by atoms with E-state index >= 15 is 0 Å². The SMILES string of the molecule is O=C(CC1CC2CCC1C2)Nc1ccc(C(=O)N2CCCC2)cc1. The van der Waals surface area contributed by atoms with Gasteiger partial charge in [-0.15, -0.1) is 0 Å². The Hall–Kier alpha value is -1.84. The highest BCUT2D eigenvalue weighted by molar-refractivity contribution is 5.96. The molecule has 0 spiro atoms. The van der Waals surface area contributed by atoms with Gasteiger partial charge in [0.15, 0.2) is 0 Å². The van der Waals surface area contributed by atoms with E-state index in [-0.39, 0.29) is 11.8 Å². The van der Waals surface area contributed by atoms with Crippen LogP contribution in [0.4, 0.5) is 5.69 Å². The molecule has 3 aliphatic rings. The summed E-state index contributed by atoms with van der Waals surface area (Å²) in [7, 11) is 0. The Morgan fingerprint density at radius 2 is 1.79 bits per heavy atom. The van der Waals surface area contributed by atoms with Crippen LogP contribution >= 0.6 is 0 Å². The topological polar surface area (TPSA) is 49.4 Å². The van der Waals surface area contributed by atoms with Crippen molar-refractivity contribution < 1.29 is 9.59 Å². The third-order valence-corrected chi connectivity index (χ3v) is 6.14. The smallest absolute Gasteiger partial charge is 0.253 e. The average molecular weight is 326 g/mol. The fourth-order valence-corrected chi connectivity index (χ4v) is 4.88. The largest absolute Gasteiger partial charge is 0.339 e. The molecular formula is C20H26N2O2. The van der Waals surface area contributed by atoms with Crippen molar-refractivity contribution in [2.24, 2.45) is 17.8 Å². The third kappa shape index (κ3) is 3.19. The van der Waals surface area contributed by atoms with Gasteiger partial charge in [-0.3, -0.25) is 9.59 Å². The van der Waals surface area contributed by atoms with Crippen molar-refractivity contribution in [3.63, 3.8) is 0 Å². The Morgan fingerprint density at radius 3 is 2.42 bits per heavy atom. The quantitative estimate of drug-likeness (QED) is 0.917. The third-order valence-electron chi connectivity index (χ3n) is 6.14. The van der Waals surface area contributed by atoms with Crippen molar-refractivity contribution in [3.05, 3.63) is 29.8 Å². The van der Waals surface area contributed by atoms with E-state index in [0.29, 0.717) is 17.9 Å². The van der Waals surface area contributed by atoms with E-state index in [9.17, 15) is 9.59 Å². The van der Waals surface area contributed by atoms with Gasteiger partial charge in [-0.25, -0.2) is 0 Å². The first kappa shape index (κ1) is 15.7. The lowest BCUT2D eigenvalue weighted by Crippen LogP contribution is -2.27. The van der Waals surface area contributed by atoms with E-state index in [0.717, 1.165) is 43.5 Å². The Bertz CT molecular complexity index is 619. The molecule has 3 atom stereocenters. The second kappa shape index (κ2) is 6.58. The molecule has 0 radical (unpaired) electrons. The van der Waals surface area contributed by atoms with Crippen molar-refractivity contribution in [3.8, 4) is 0 Å². The van der Waals surface area contributed by atoms with Crippen molar-refractivity contribution in [1.82, 2.24) is 4.90 Å². The van der Waals surface area contributed by atoms with Crippen molar-refractivity contribution in [2.75, 3.05) is 18.4 Å². The lowest BCUT2D eigenvalue weighted by molar-refractivity contribution is -0.117. The summed E-state index contributed by atoms with van der Waals surface area (Å²) in [5.41, 5.74) is 1.50. The molecule has 3 unspecified atom stereocenters. The molecule has 1 N–H and O–H groups in total. The van der Waals surface area contributed by atoms with Gasteiger partial charge in [-0.2, -0.15) is 0 Å². The highest BCUT2D eigenvalue weighted by Gasteiger charge is 2.40. The summed E-state index contributed by atoms with van der Waals surface area (Å²) in [4.78, 5) is 26.5. The van der Waals surface area contributed by atoms with Gasteiger partial charge in [-0.05, 0) is 74.1 Å². The molecule has 4 nitrogen and oxygen atoms in total. The van der Waals surface area contributed by atoms with Crippen LogP contribution in [0.25, 0.3) is 0 Å². The van der Waals surface area contributed by atoms with Crippen molar-refractivity contribution in [1.29, 1.82) is 0 Å². The maximum Gasteiger partial charge on any atom is 0.253 e. The minimum absolute atomic E-state index is 0.104. The predicted octanol–water partition coefficient (Wildman–Crippen LogP) is 3.69. The van der Waals surface area contributed by atoms with Gasteiger partial charge in [0.2, 0.25) is 5.91 Å². The number of hydrogen-bond acceptors (Lipinski definition) is 2. The van der Waals surface area contributed by atoms with E-state index in [1.807, 2.05) is 29.2 Å². The van der Waals surface area contributed by atoms with E-state index in [2.05, 4.69) is 5.32 Å². The van der Waals surface area contributed by atoms with E-state index in [1.165, 1.54) is 25.7 Å². The Labute approximate surface area is 143 Å². The van der Waals surface area contributed by atoms with Gasteiger partial charge in [0.1, 0.15) is 0 Å². The summed E-state index contributed by atoms with van der Waals surface area (Å²) >= 11 is 0. The second-order valence-corrected chi connectivity index (χ2v) is 7.76. The monoisotopic (exact) mass is 326 g/mol.